The first-order chi connectivity index (χ1) is 14.2. The summed E-state index contributed by atoms with van der Waals surface area (Å²) >= 11 is 1.07. The lowest BCUT2D eigenvalue weighted by atomic mass is 10.1. The monoisotopic (exact) mass is 431 g/mol. The highest BCUT2D eigenvalue weighted by Gasteiger charge is 2.36. The Hall–Kier alpha value is -2.94. The first kappa shape index (κ1) is 21.8. The number of rotatable bonds is 6. The summed E-state index contributed by atoms with van der Waals surface area (Å²) in [4.78, 5) is 43.7. The van der Waals surface area contributed by atoms with Gasteiger partial charge in [-0.25, -0.2) is 9.78 Å². The Balaban J connectivity index is 1.71. The molecule has 0 bridgehead atoms. The second kappa shape index (κ2) is 8.83. The van der Waals surface area contributed by atoms with Gasteiger partial charge in [0.2, 0.25) is 11.8 Å². The van der Waals surface area contributed by atoms with Crippen molar-refractivity contribution in [1.82, 2.24) is 4.98 Å². The standard InChI is InChI=1S/C21H25N3O5S/c1-11(2)29-20(27)18-13(4)22-21(30-18)23-19(26)14-9-17(25)24(10-14)15-8-12(3)6-7-16(15)28-5/h6-8,11,14H,9-10H2,1-5H3,(H,22,23,26). The van der Waals surface area contributed by atoms with Crippen molar-refractivity contribution in [1.29, 1.82) is 0 Å². The maximum absolute atomic E-state index is 12.8. The molecule has 1 fully saturated rings. The molecule has 2 heterocycles. The largest absolute Gasteiger partial charge is 0.495 e. The number of benzene rings is 1. The number of anilines is 2. The average Bonchev–Trinajstić information content (AvgIpc) is 3.23. The first-order valence-electron chi connectivity index (χ1n) is 9.63. The molecule has 1 aliphatic rings. The lowest BCUT2D eigenvalue weighted by Gasteiger charge is -2.20. The van der Waals surface area contributed by atoms with Crippen LogP contribution in [0.1, 0.15) is 41.2 Å². The highest BCUT2D eigenvalue weighted by molar-refractivity contribution is 7.17. The number of esters is 1. The number of aryl methyl sites for hydroxylation is 2. The lowest BCUT2D eigenvalue weighted by molar-refractivity contribution is -0.122. The van der Waals surface area contributed by atoms with E-state index in [0.29, 0.717) is 27.1 Å². The van der Waals surface area contributed by atoms with Gasteiger partial charge in [-0.2, -0.15) is 0 Å². The molecule has 1 aliphatic heterocycles. The molecule has 2 aromatic rings. The molecule has 1 atom stereocenters. The van der Waals surface area contributed by atoms with Gasteiger partial charge in [0.1, 0.15) is 10.6 Å². The van der Waals surface area contributed by atoms with E-state index in [4.69, 9.17) is 9.47 Å². The van der Waals surface area contributed by atoms with Crippen LogP contribution in [0.15, 0.2) is 18.2 Å². The van der Waals surface area contributed by atoms with Crippen LogP contribution in [0, 0.1) is 19.8 Å². The summed E-state index contributed by atoms with van der Waals surface area (Å²) < 4.78 is 10.6. The van der Waals surface area contributed by atoms with Crippen molar-refractivity contribution in [3.63, 3.8) is 0 Å². The van der Waals surface area contributed by atoms with Gasteiger partial charge in [0.15, 0.2) is 5.13 Å². The van der Waals surface area contributed by atoms with E-state index in [9.17, 15) is 14.4 Å². The van der Waals surface area contributed by atoms with Gasteiger partial charge in [0.05, 0.1) is 30.5 Å². The van der Waals surface area contributed by atoms with Crippen LogP contribution in [0.25, 0.3) is 0 Å². The van der Waals surface area contributed by atoms with Crippen LogP contribution in [0.3, 0.4) is 0 Å². The van der Waals surface area contributed by atoms with Gasteiger partial charge >= 0.3 is 5.97 Å². The quantitative estimate of drug-likeness (QED) is 0.705. The molecule has 0 aliphatic carbocycles. The smallest absolute Gasteiger partial charge is 0.350 e. The molecule has 0 saturated carbocycles. The summed E-state index contributed by atoms with van der Waals surface area (Å²) in [6.45, 7) is 7.40. The number of methoxy groups -OCH3 is 1. The van der Waals surface area contributed by atoms with Crippen LogP contribution in [0.5, 0.6) is 5.75 Å². The van der Waals surface area contributed by atoms with E-state index in [2.05, 4.69) is 10.3 Å². The van der Waals surface area contributed by atoms with Gasteiger partial charge in [0.25, 0.3) is 0 Å². The van der Waals surface area contributed by atoms with E-state index >= 15 is 0 Å². The highest BCUT2D eigenvalue weighted by atomic mass is 32.1. The molecule has 9 heteroatoms. The fourth-order valence-corrected chi connectivity index (χ4v) is 4.09. The van der Waals surface area contributed by atoms with Crippen LogP contribution >= 0.6 is 11.3 Å². The molecule has 2 amide bonds. The Labute approximate surface area is 179 Å². The number of carbonyl (C=O) groups is 3. The van der Waals surface area contributed by atoms with Crippen LogP contribution in [-0.4, -0.2) is 42.5 Å². The molecule has 1 N–H and O–H groups in total. The normalized spacial score (nSPS) is 16.1. The van der Waals surface area contributed by atoms with Crippen molar-refractivity contribution < 1.29 is 23.9 Å². The molecule has 160 valence electrons. The maximum Gasteiger partial charge on any atom is 0.350 e. The minimum Gasteiger partial charge on any atom is -0.495 e. The van der Waals surface area contributed by atoms with Crippen molar-refractivity contribution >= 4 is 39.9 Å². The number of hydrogen-bond donors (Lipinski definition) is 1. The lowest BCUT2D eigenvalue weighted by Crippen LogP contribution is -2.28. The summed E-state index contributed by atoms with van der Waals surface area (Å²) in [6.07, 6.45) is -0.152. The number of nitrogens with one attached hydrogen (secondary N) is 1. The number of carbonyl (C=O) groups excluding carboxylic acids is 3. The summed E-state index contributed by atoms with van der Waals surface area (Å²) in [7, 11) is 1.55. The number of hydrogen-bond acceptors (Lipinski definition) is 7. The zero-order valence-corrected chi connectivity index (χ0v) is 18.5. The summed E-state index contributed by atoms with van der Waals surface area (Å²) in [5.74, 6) is -0.864. The topological polar surface area (TPSA) is 97.8 Å². The summed E-state index contributed by atoms with van der Waals surface area (Å²) in [6, 6.07) is 5.58. The predicted molar refractivity (Wildman–Crippen MR) is 114 cm³/mol. The van der Waals surface area contributed by atoms with E-state index in [0.717, 1.165) is 16.9 Å². The van der Waals surface area contributed by atoms with E-state index < -0.39 is 11.9 Å². The SMILES string of the molecule is COc1ccc(C)cc1N1CC(C(=O)Nc2nc(C)c(C(=O)OC(C)C)s2)CC1=O. The zero-order valence-electron chi connectivity index (χ0n) is 17.6. The molecule has 8 nitrogen and oxygen atoms in total. The van der Waals surface area contributed by atoms with Crippen LogP contribution in [0.2, 0.25) is 0 Å². The van der Waals surface area contributed by atoms with Crippen molar-refractivity contribution in [2.24, 2.45) is 5.92 Å². The number of thiazole rings is 1. The number of aromatic nitrogens is 1. The first-order valence-corrected chi connectivity index (χ1v) is 10.5. The van der Waals surface area contributed by atoms with Crippen LogP contribution in [-0.2, 0) is 14.3 Å². The molecule has 0 spiro atoms. The van der Waals surface area contributed by atoms with Crippen LogP contribution < -0.4 is 15.0 Å². The second-order valence-electron chi connectivity index (χ2n) is 7.46. The molecule has 1 aromatic heterocycles. The van der Waals surface area contributed by atoms with Crippen LogP contribution in [0.4, 0.5) is 10.8 Å². The van der Waals surface area contributed by atoms with E-state index in [1.165, 1.54) is 0 Å². The van der Waals surface area contributed by atoms with Gasteiger partial charge in [-0.05, 0) is 45.4 Å². The van der Waals surface area contributed by atoms with Gasteiger partial charge in [0, 0.05) is 13.0 Å². The van der Waals surface area contributed by atoms with Gasteiger partial charge in [-0.1, -0.05) is 17.4 Å². The van der Waals surface area contributed by atoms with Crippen molar-refractivity contribution in [3.05, 3.63) is 34.3 Å². The molecule has 30 heavy (non-hydrogen) atoms. The third-order valence-corrected chi connectivity index (χ3v) is 5.73. The summed E-state index contributed by atoms with van der Waals surface area (Å²) in [5, 5.41) is 3.05. The fourth-order valence-electron chi connectivity index (χ4n) is 3.24. The third kappa shape index (κ3) is 4.62. The Bertz CT molecular complexity index is 985. The van der Waals surface area contributed by atoms with Crippen molar-refractivity contribution in [3.8, 4) is 5.75 Å². The maximum atomic E-state index is 12.8. The van der Waals surface area contributed by atoms with Gasteiger partial charge < -0.3 is 19.7 Å². The molecular weight excluding hydrogens is 406 g/mol. The van der Waals surface area contributed by atoms with Gasteiger partial charge in [-0.3, -0.25) is 9.59 Å². The molecule has 1 unspecified atom stereocenters. The van der Waals surface area contributed by atoms with Crippen molar-refractivity contribution in [2.75, 3.05) is 23.9 Å². The zero-order chi connectivity index (χ0) is 22.0. The van der Waals surface area contributed by atoms with E-state index in [1.807, 2.05) is 25.1 Å². The van der Waals surface area contributed by atoms with Crippen molar-refractivity contribution in [2.45, 2.75) is 40.2 Å². The average molecular weight is 432 g/mol. The molecule has 1 aromatic carbocycles. The second-order valence-corrected chi connectivity index (χ2v) is 8.46. The number of ether oxygens (including phenoxy) is 2. The highest BCUT2D eigenvalue weighted by Crippen LogP contribution is 2.34. The van der Waals surface area contributed by atoms with E-state index in [1.54, 1.807) is 32.8 Å². The number of nitrogens with zero attached hydrogens (tertiary/aromatic N) is 2. The number of amides is 2. The Morgan fingerprint density at radius 1 is 1.30 bits per heavy atom. The minimum absolute atomic E-state index is 0.0928. The molecular formula is C21H25N3O5S. The van der Waals surface area contributed by atoms with E-state index in [-0.39, 0.29) is 30.9 Å². The Kier molecular flexibility index (Phi) is 6.40. The molecule has 3 rings (SSSR count). The molecule has 0 radical (unpaired) electrons. The van der Waals surface area contributed by atoms with Gasteiger partial charge in [-0.15, -0.1) is 0 Å². The third-order valence-electron chi connectivity index (χ3n) is 4.68. The fraction of sp³-hybridized carbons (Fsp3) is 0.429. The summed E-state index contributed by atoms with van der Waals surface area (Å²) in [5.41, 5.74) is 2.14. The minimum atomic E-state index is -0.530. The Morgan fingerprint density at radius 3 is 2.70 bits per heavy atom. The Morgan fingerprint density at radius 2 is 2.03 bits per heavy atom. The predicted octanol–water partition coefficient (Wildman–Crippen LogP) is 3.33. The molecule has 1 saturated heterocycles.